The van der Waals surface area contributed by atoms with Crippen molar-refractivity contribution in [3.05, 3.63) is 30.2 Å². The van der Waals surface area contributed by atoms with E-state index in [4.69, 9.17) is 18.7 Å². The van der Waals surface area contributed by atoms with Crippen LogP contribution in [0.2, 0.25) is 0 Å². The number of nitrogens with one attached hydrogen (secondary N) is 1. The van der Waals surface area contributed by atoms with Crippen LogP contribution in [0.3, 0.4) is 0 Å². The number of aromatic nitrogens is 3. The molecule has 0 radical (unpaired) electrons. The van der Waals surface area contributed by atoms with Gasteiger partial charge in [-0.1, -0.05) is 5.16 Å². The van der Waals surface area contributed by atoms with Crippen LogP contribution in [0.25, 0.3) is 10.9 Å². The fourth-order valence-electron chi connectivity index (χ4n) is 4.36. The maximum atomic E-state index is 6.47. The molecule has 176 valence electrons. The lowest BCUT2D eigenvalue weighted by Crippen LogP contribution is -2.32. The number of likely N-dealkylation sites (tertiary alicyclic amines) is 1. The predicted octanol–water partition coefficient (Wildman–Crippen LogP) is 3.95. The molecule has 1 aromatic carbocycles. The molecule has 0 bridgehead atoms. The first kappa shape index (κ1) is 21.9. The predicted molar refractivity (Wildman–Crippen MR) is 124 cm³/mol. The van der Waals surface area contributed by atoms with Crippen LogP contribution in [-0.4, -0.2) is 66.1 Å². The zero-order chi connectivity index (χ0) is 22.6. The summed E-state index contributed by atoms with van der Waals surface area (Å²) in [5.74, 6) is 3.17. The quantitative estimate of drug-likeness (QED) is 0.570. The Labute approximate surface area is 193 Å². The lowest BCUT2D eigenvalue weighted by Gasteiger charge is -2.29. The standard InChI is InChI=1S/C24H31N5O4/c1-16-11-22(33-28-16)27-24-23-20(25-15-26-24)12-19(31-14-17-3-7-29(2)8-4-17)13-21(23)32-18-5-9-30-10-6-18/h11-13,15,17-18H,3-10,14H2,1-2H3,(H,25,26,27). The van der Waals surface area contributed by atoms with Gasteiger partial charge in [0.25, 0.3) is 0 Å². The van der Waals surface area contributed by atoms with Crippen LogP contribution >= 0.6 is 0 Å². The van der Waals surface area contributed by atoms with E-state index in [0.29, 0.717) is 43.2 Å². The average Bonchev–Trinajstić information content (AvgIpc) is 3.24. The lowest BCUT2D eigenvalue weighted by molar-refractivity contribution is 0.0261. The fourth-order valence-corrected chi connectivity index (χ4v) is 4.36. The van der Waals surface area contributed by atoms with Crippen molar-refractivity contribution >= 4 is 22.6 Å². The Bertz CT molecular complexity index is 1070. The van der Waals surface area contributed by atoms with Crippen molar-refractivity contribution in [1.82, 2.24) is 20.0 Å². The third-order valence-corrected chi connectivity index (χ3v) is 6.33. The SMILES string of the molecule is Cc1cc(Nc2ncnc3cc(OCC4CCN(C)CC4)cc(OC4CCOCC4)c23)on1. The van der Waals surface area contributed by atoms with Gasteiger partial charge in [0.15, 0.2) is 0 Å². The number of ether oxygens (including phenoxy) is 3. The van der Waals surface area contributed by atoms with E-state index in [0.717, 1.165) is 61.1 Å². The van der Waals surface area contributed by atoms with Gasteiger partial charge >= 0.3 is 0 Å². The maximum absolute atomic E-state index is 6.47. The lowest BCUT2D eigenvalue weighted by atomic mass is 9.98. The average molecular weight is 454 g/mol. The van der Waals surface area contributed by atoms with Gasteiger partial charge in [0.1, 0.15) is 29.7 Å². The van der Waals surface area contributed by atoms with Crippen LogP contribution in [0.15, 0.2) is 29.0 Å². The summed E-state index contributed by atoms with van der Waals surface area (Å²) in [5.41, 5.74) is 1.55. The summed E-state index contributed by atoms with van der Waals surface area (Å²) >= 11 is 0. The molecule has 2 aromatic heterocycles. The molecule has 2 aliphatic heterocycles. The van der Waals surface area contributed by atoms with E-state index >= 15 is 0 Å². The van der Waals surface area contributed by atoms with Gasteiger partial charge in [-0.15, -0.1) is 0 Å². The van der Waals surface area contributed by atoms with Crippen molar-refractivity contribution in [3.8, 4) is 11.5 Å². The van der Waals surface area contributed by atoms with Gasteiger partial charge in [-0.2, -0.15) is 0 Å². The van der Waals surface area contributed by atoms with E-state index < -0.39 is 0 Å². The molecule has 5 rings (SSSR count). The number of nitrogens with zero attached hydrogens (tertiary/aromatic N) is 4. The first-order valence-corrected chi connectivity index (χ1v) is 11.7. The molecular formula is C24H31N5O4. The summed E-state index contributed by atoms with van der Waals surface area (Å²) in [4.78, 5) is 11.3. The number of aryl methyl sites for hydroxylation is 1. The van der Waals surface area contributed by atoms with Crippen molar-refractivity contribution in [2.75, 3.05) is 45.3 Å². The smallest absolute Gasteiger partial charge is 0.230 e. The highest BCUT2D eigenvalue weighted by Gasteiger charge is 2.21. The summed E-state index contributed by atoms with van der Waals surface area (Å²) in [7, 11) is 2.17. The summed E-state index contributed by atoms with van der Waals surface area (Å²) in [6, 6.07) is 5.75. The fraction of sp³-hybridized carbons (Fsp3) is 0.542. The molecule has 1 N–H and O–H groups in total. The molecule has 0 spiro atoms. The number of hydrogen-bond donors (Lipinski definition) is 1. The van der Waals surface area contributed by atoms with Crippen LogP contribution in [0.5, 0.6) is 11.5 Å². The molecule has 0 amide bonds. The largest absolute Gasteiger partial charge is 0.493 e. The van der Waals surface area contributed by atoms with Gasteiger partial charge in [-0.3, -0.25) is 0 Å². The summed E-state index contributed by atoms with van der Waals surface area (Å²) in [5, 5.41) is 7.97. The van der Waals surface area contributed by atoms with Crippen molar-refractivity contribution < 1.29 is 18.7 Å². The Hall–Kier alpha value is -2.91. The highest BCUT2D eigenvalue weighted by molar-refractivity contribution is 5.96. The molecule has 3 aromatic rings. The second-order valence-corrected chi connectivity index (χ2v) is 8.98. The number of piperidine rings is 1. The Balaban J connectivity index is 1.43. The number of benzene rings is 1. The van der Waals surface area contributed by atoms with Crippen LogP contribution < -0.4 is 14.8 Å². The van der Waals surface area contributed by atoms with Gasteiger partial charge in [0, 0.05) is 31.0 Å². The van der Waals surface area contributed by atoms with E-state index in [9.17, 15) is 0 Å². The molecule has 9 nitrogen and oxygen atoms in total. The van der Waals surface area contributed by atoms with Crippen molar-refractivity contribution in [2.24, 2.45) is 5.92 Å². The minimum atomic E-state index is 0.0756. The number of fused-ring (bicyclic) bond motifs is 1. The monoisotopic (exact) mass is 453 g/mol. The first-order chi connectivity index (χ1) is 16.1. The molecule has 0 atom stereocenters. The van der Waals surface area contributed by atoms with E-state index in [-0.39, 0.29) is 6.10 Å². The molecule has 33 heavy (non-hydrogen) atoms. The highest BCUT2D eigenvalue weighted by atomic mass is 16.5. The highest BCUT2D eigenvalue weighted by Crippen LogP contribution is 2.37. The van der Waals surface area contributed by atoms with Crippen molar-refractivity contribution in [2.45, 2.75) is 38.7 Å². The van der Waals surface area contributed by atoms with Gasteiger partial charge in [-0.05, 0) is 45.8 Å². The van der Waals surface area contributed by atoms with Crippen molar-refractivity contribution in [1.29, 1.82) is 0 Å². The van der Waals surface area contributed by atoms with Crippen molar-refractivity contribution in [3.63, 3.8) is 0 Å². The molecule has 9 heteroatoms. The topological polar surface area (TPSA) is 94.8 Å². The van der Waals surface area contributed by atoms with Crippen LogP contribution in [0.4, 0.5) is 11.7 Å². The first-order valence-electron chi connectivity index (χ1n) is 11.7. The second kappa shape index (κ2) is 9.93. The van der Waals surface area contributed by atoms with E-state index in [1.807, 2.05) is 25.1 Å². The molecule has 2 aliphatic rings. The van der Waals surface area contributed by atoms with Crippen LogP contribution in [-0.2, 0) is 4.74 Å². The Morgan fingerprint density at radius 3 is 2.67 bits per heavy atom. The minimum absolute atomic E-state index is 0.0756. The molecule has 0 aliphatic carbocycles. The zero-order valence-corrected chi connectivity index (χ0v) is 19.2. The van der Waals surface area contributed by atoms with Gasteiger partial charge in [-0.25, -0.2) is 9.97 Å². The number of rotatable bonds is 7. The van der Waals surface area contributed by atoms with Gasteiger partial charge < -0.3 is 29.0 Å². The Kier molecular flexibility index (Phi) is 6.59. The number of hydrogen-bond acceptors (Lipinski definition) is 9. The molecule has 0 unspecified atom stereocenters. The van der Waals surface area contributed by atoms with Gasteiger partial charge in [0.2, 0.25) is 5.88 Å². The third-order valence-electron chi connectivity index (χ3n) is 6.33. The van der Waals surface area contributed by atoms with E-state index in [1.54, 1.807) is 0 Å². The van der Waals surface area contributed by atoms with Gasteiger partial charge in [0.05, 0.1) is 36.4 Å². The third kappa shape index (κ3) is 5.36. The second-order valence-electron chi connectivity index (χ2n) is 8.98. The maximum Gasteiger partial charge on any atom is 0.230 e. The van der Waals surface area contributed by atoms with Crippen LogP contribution in [0, 0.1) is 12.8 Å². The molecule has 2 fully saturated rings. The normalized spacial score (nSPS) is 18.5. The molecule has 0 saturated carbocycles. The molecule has 2 saturated heterocycles. The Morgan fingerprint density at radius 2 is 1.91 bits per heavy atom. The van der Waals surface area contributed by atoms with Crippen LogP contribution in [0.1, 0.15) is 31.4 Å². The summed E-state index contributed by atoms with van der Waals surface area (Å²) < 4.78 is 23.6. The zero-order valence-electron chi connectivity index (χ0n) is 19.2. The summed E-state index contributed by atoms with van der Waals surface area (Å²) in [6.07, 6.45) is 5.61. The number of anilines is 2. The Morgan fingerprint density at radius 1 is 1.09 bits per heavy atom. The van der Waals surface area contributed by atoms with E-state index in [1.165, 1.54) is 6.33 Å². The minimum Gasteiger partial charge on any atom is -0.493 e. The molecule has 4 heterocycles. The van der Waals surface area contributed by atoms with E-state index in [2.05, 4.69) is 32.4 Å². The summed E-state index contributed by atoms with van der Waals surface area (Å²) in [6.45, 7) is 6.21. The molecular weight excluding hydrogens is 422 g/mol.